The smallest absolute Gasteiger partial charge is 0.329 e. The third-order valence-electron chi connectivity index (χ3n) is 4.61. The van der Waals surface area contributed by atoms with E-state index in [1.165, 1.54) is 16.2 Å². The van der Waals surface area contributed by atoms with Gasteiger partial charge in [-0.05, 0) is 11.6 Å². The molecule has 0 spiro atoms. The first kappa shape index (κ1) is 19.3. The van der Waals surface area contributed by atoms with Crippen LogP contribution in [0.3, 0.4) is 0 Å². The van der Waals surface area contributed by atoms with E-state index in [0.717, 1.165) is 5.56 Å². The Morgan fingerprint density at radius 2 is 2.03 bits per heavy atom. The summed E-state index contributed by atoms with van der Waals surface area (Å²) in [6, 6.07) is 12.7. The topological polar surface area (TPSA) is 130 Å². The normalized spacial score (nSPS) is 12.5. The van der Waals surface area contributed by atoms with Gasteiger partial charge in [0.2, 0.25) is 5.95 Å². The van der Waals surface area contributed by atoms with Crippen molar-refractivity contribution in [1.29, 1.82) is 0 Å². The van der Waals surface area contributed by atoms with Crippen molar-refractivity contribution in [3.63, 3.8) is 0 Å². The number of aromatic nitrogens is 5. The van der Waals surface area contributed by atoms with E-state index in [9.17, 15) is 14.7 Å². The average Bonchev–Trinajstić information content (AvgIpc) is 3.12. The number of imidazole rings is 1. The fourth-order valence-electron chi connectivity index (χ4n) is 3.07. The molecule has 0 radical (unpaired) electrons. The molecule has 0 amide bonds. The molecule has 0 bridgehead atoms. The Labute approximate surface area is 170 Å². The third-order valence-corrected chi connectivity index (χ3v) is 4.61. The number of aryl methyl sites for hydroxylation is 1. The monoisotopic (exact) mass is 405 g/mol. The zero-order valence-corrected chi connectivity index (χ0v) is 16.1. The molecular formula is C20H19N7O3. The predicted octanol–water partition coefficient (Wildman–Crippen LogP) is 0.998. The minimum absolute atomic E-state index is 0.0343. The Morgan fingerprint density at radius 1 is 1.23 bits per heavy atom. The Kier molecular flexibility index (Phi) is 5.22. The highest BCUT2D eigenvalue weighted by molar-refractivity contribution is 5.80. The second-order valence-corrected chi connectivity index (χ2v) is 6.62. The van der Waals surface area contributed by atoms with Gasteiger partial charge in [0.1, 0.15) is 0 Å². The molecule has 0 aliphatic carbocycles. The molecule has 0 fully saturated rings. The van der Waals surface area contributed by atoms with Gasteiger partial charge in [0.25, 0.3) is 5.56 Å². The first-order valence-electron chi connectivity index (χ1n) is 9.16. The number of nitrogens with one attached hydrogen (secondary N) is 2. The maximum Gasteiger partial charge on any atom is 0.329 e. The molecule has 0 aliphatic heterocycles. The van der Waals surface area contributed by atoms with Crippen molar-refractivity contribution >= 4 is 23.3 Å². The number of H-pyrrole nitrogens is 1. The standard InChI is InChI=1S/C20H19N7O3/c1-26-17-16(18(29)24-20(26)30)27(12-15(28)14-7-3-2-4-8-14)19(23-17)25-22-11-13-6-5-9-21-10-13/h2-11,15,28H,12H2,1H3,(H,23,25)(H,24,29,30)/b22-11-/t15-/m1/s1. The highest BCUT2D eigenvalue weighted by Gasteiger charge is 2.20. The summed E-state index contributed by atoms with van der Waals surface area (Å²) in [4.78, 5) is 35.1. The quantitative estimate of drug-likeness (QED) is 0.324. The van der Waals surface area contributed by atoms with Crippen molar-refractivity contribution in [1.82, 2.24) is 24.1 Å². The van der Waals surface area contributed by atoms with Crippen LogP contribution in [0.25, 0.3) is 11.2 Å². The lowest BCUT2D eigenvalue weighted by Gasteiger charge is -2.14. The van der Waals surface area contributed by atoms with Gasteiger partial charge in [0.15, 0.2) is 11.2 Å². The van der Waals surface area contributed by atoms with Crippen molar-refractivity contribution in [2.45, 2.75) is 12.6 Å². The van der Waals surface area contributed by atoms with Crippen LogP contribution in [0.5, 0.6) is 0 Å². The summed E-state index contributed by atoms with van der Waals surface area (Å²) in [5.41, 5.74) is 3.42. The fraction of sp³-hybridized carbons (Fsp3) is 0.150. The van der Waals surface area contributed by atoms with E-state index in [1.807, 2.05) is 24.3 Å². The molecule has 0 aliphatic rings. The average molecular weight is 405 g/mol. The molecule has 30 heavy (non-hydrogen) atoms. The summed E-state index contributed by atoms with van der Waals surface area (Å²) < 4.78 is 2.74. The van der Waals surface area contributed by atoms with Crippen LogP contribution in [0.2, 0.25) is 0 Å². The van der Waals surface area contributed by atoms with E-state index >= 15 is 0 Å². The summed E-state index contributed by atoms with van der Waals surface area (Å²) >= 11 is 0. The van der Waals surface area contributed by atoms with Gasteiger partial charge in [-0.25, -0.2) is 10.2 Å². The van der Waals surface area contributed by atoms with Crippen LogP contribution < -0.4 is 16.7 Å². The maximum atomic E-state index is 12.5. The molecular weight excluding hydrogens is 386 g/mol. The summed E-state index contributed by atoms with van der Waals surface area (Å²) in [7, 11) is 1.51. The number of aromatic amines is 1. The highest BCUT2D eigenvalue weighted by Crippen LogP contribution is 2.21. The van der Waals surface area contributed by atoms with Crippen LogP contribution in [0, 0.1) is 0 Å². The molecule has 10 nitrogen and oxygen atoms in total. The number of fused-ring (bicyclic) bond motifs is 1. The van der Waals surface area contributed by atoms with Crippen LogP contribution >= 0.6 is 0 Å². The van der Waals surface area contributed by atoms with Crippen molar-refractivity contribution in [3.05, 3.63) is 86.8 Å². The molecule has 0 saturated heterocycles. The molecule has 1 aromatic carbocycles. The van der Waals surface area contributed by atoms with Crippen molar-refractivity contribution in [2.75, 3.05) is 5.43 Å². The fourth-order valence-corrected chi connectivity index (χ4v) is 3.07. The van der Waals surface area contributed by atoms with Crippen LogP contribution in [0.1, 0.15) is 17.2 Å². The SMILES string of the molecule is Cn1c(=O)[nH]c(=O)c2c1nc(N/N=C\c1cccnc1)n2C[C@@H](O)c1ccccc1. The number of hydrazone groups is 1. The van der Waals surface area contributed by atoms with Gasteiger partial charge < -0.3 is 5.11 Å². The van der Waals surface area contributed by atoms with Gasteiger partial charge in [-0.1, -0.05) is 36.4 Å². The van der Waals surface area contributed by atoms with Crippen molar-refractivity contribution in [2.24, 2.45) is 12.1 Å². The largest absolute Gasteiger partial charge is 0.387 e. The van der Waals surface area contributed by atoms with E-state index in [1.54, 1.807) is 36.8 Å². The first-order valence-corrected chi connectivity index (χ1v) is 9.16. The van der Waals surface area contributed by atoms with Gasteiger partial charge in [-0.3, -0.25) is 23.9 Å². The summed E-state index contributed by atoms with van der Waals surface area (Å²) in [5.74, 6) is 0.215. The van der Waals surface area contributed by atoms with E-state index in [-0.39, 0.29) is 23.7 Å². The zero-order valence-electron chi connectivity index (χ0n) is 16.1. The van der Waals surface area contributed by atoms with Crippen LogP contribution in [0.15, 0.2) is 69.5 Å². The van der Waals surface area contributed by atoms with E-state index in [0.29, 0.717) is 5.56 Å². The van der Waals surface area contributed by atoms with E-state index in [2.05, 4.69) is 25.5 Å². The summed E-state index contributed by atoms with van der Waals surface area (Å²) in [6.45, 7) is 0.0343. The van der Waals surface area contributed by atoms with Crippen LogP contribution in [0.4, 0.5) is 5.95 Å². The van der Waals surface area contributed by atoms with E-state index < -0.39 is 17.4 Å². The Bertz CT molecular complexity index is 1310. The summed E-state index contributed by atoms with van der Waals surface area (Å²) in [5, 5.41) is 14.8. The third kappa shape index (κ3) is 3.76. The van der Waals surface area contributed by atoms with Gasteiger partial charge in [-0.15, -0.1) is 0 Å². The molecule has 3 heterocycles. The molecule has 4 rings (SSSR count). The first-order chi connectivity index (χ1) is 14.5. The number of benzene rings is 1. The number of pyridine rings is 1. The molecule has 0 unspecified atom stereocenters. The lowest BCUT2D eigenvalue weighted by atomic mass is 10.1. The lowest BCUT2D eigenvalue weighted by molar-refractivity contribution is 0.158. The lowest BCUT2D eigenvalue weighted by Crippen LogP contribution is -2.29. The second kappa shape index (κ2) is 8.13. The number of aliphatic hydroxyl groups is 1. The van der Waals surface area contributed by atoms with Crippen molar-refractivity contribution in [3.8, 4) is 0 Å². The summed E-state index contributed by atoms with van der Waals surface area (Å²) in [6.07, 6.45) is 3.94. The van der Waals surface area contributed by atoms with Crippen molar-refractivity contribution < 1.29 is 5.11 Å². The van der Waals surface area contributed by atoms with Crippen LogP contribution in [-0.2, 0) is 13.6 Å². The molecule has 0 saturated carbocycles. The maximum absolute atomic E-state index is 12.5. The molecule has 3 aromatic heterocycles. The molecule has 1 atom stereocenters. The second-order valence-electron chi connectivity index (χ2n) is 6.62. The molecule has 4 aromatic rings. The highest BCUT2D eigenvalue weighted by atomic mass is 16.3. The number of hydrogen-bond acceptors (Lipinski definition) is 7. The Balaban J connectivity index is 1.76. The van der Waals surface area contributed by atoms with Crippen LogP contribution in [-0.4, -0.2) is 35.4 Å². The van der Waals surface area contributed by atoms with E-state index in [4.69, 9.17) is 0 Å². The Morgan fingerprint density at radius 3 is 2.77 bits per heavy atom. The molecule has 152 valence electrons. The number of nitrogens with zero attached hydrogens (tertiary/aromatic N) is 5. The zero-order chi connectivity index (χ0) is 21.1. The van der Waals surface area contributed by atoms with Gasteiger partial charge in [0, 0.05) is 25.0 Å². The van der Waals surface area contributed by atoms with Gasteiger partial charge in [0.05, 0.1) is 18.9 Å². The number of rotatable bonds is 6. The predicted molar refractivity (Wildman–Crippen MR) is 112 cm³/mol. The van der Waals surface area contributed by atoms with Gasteiger partial charge in [-0.2, -0.15) is 10.1 Å². The molecule has 3 N–H and O–H groups in total. The Hall–Kier alpha value is -4.05. The minimum Gasteiger partial charge on any atom is -0.387 e. The minimum atomic E-state index is -0.900. The number of hydrogen-bond donors (Lipinski definition) is 3. The van der Waals surface area contributed by atoms with Gasteiger partial charge >= 0.3 is 5.69 Å². The number of anilines is 1. The number of aliphatic hydroxyl groups excluding tert-OH is 1. The molecule has 10 heteroatoms.